The van der Waals surface area contributed by atoms with Crippen LogP contribution in [0, 0.1) is 20.8 Å². The van der Waals surface area contributed by atoms with E-state index in [0.717, 1.165) is 15.4 Å². The molecule has 3 aromatic rings. The summed E-state index contributed by atoms with van der Waals surface area (Å²) in [4.78, 5) is 13.5. The summed E-state index contributed by atoms with van der Waals surface area (Å²) >= 11 is 0. The fourth-order valence-corrected chi connectivity index (χ4v) is 6.73. The zero-order chi connectivity index (χ0) is 27.4. The highest BCUT2D eigenvalue weighted by atomic mass is 32.2. The lowest BCUT2D eigenvalue weighted by Gasteiger charge is -2.21. The quantitative estimate of drug-likeness (QED) is 0.408. The maximum atomic E-state index is 13.4. The van der Waals surface area contributed by atoms with Crippen molar-refractivity contribution in [2.45, 2.75) is 49.6 Å². The number of nitrogens with zero attached hydrogens (tertiary/aromatic N) is 1. The molecular formula is C27H33N3O5S2. The van der Waals surface area contributed by atoms with Gasteiger partial charge in [0, 0.05) is 20.6 Å². The third kappa shape index (κ3) is 7.04. The molecule has 37 heavy (non-hydrogen) atoms. The highest BCUT2D eigenvalue weighted by Gasteiger charge is 2.28. The molecule has 0 aromatic heterocycles. The number of carbonyl (C=O) groups excluding carboxylic acids is 1. The molecule has 0 unspecified atom stereocenters. The molecular weight excluding hydrogens is 510 g/mol. The molecule has 0 saturated heterocycles. The van der Waals surface area contributed by atoms with Crippen LogP contribution >= 0.6 is 0 Å². The topological polar surface area (TPSA) is 113 Å². The molecule has 0 heterocycles. The Bertz CT molecular complexity index is 1450. The summed E-state index contributed by atoms with van der Waals surface area (Å²) in [6, 6.07) is 17.9. The first-order chi connectivity index (χ1) is 17.3. The number of nitrogens with one attached hydrogen (secondary N) is 2. The highest BCUT2D eigenvalue weighted by molar-refractivity contribution is 7.89. The van der Waals surface area contributed by atoms with Crippen LogP contribution < -0.4 is 10.0 Å². The van der Waals surface area contributed by atoms with Crippen LogP contribution in [0.1, 0.15) is 27.8 Å². The Balaban J connectivity index is 1.82. The Morgan fingerprint density at radius 2 is 1.41 bits per heavy atom. The van der Waals surface area contributed by atoms with E-state index >= 15 is 0 Å². The van der Waals surface area contributed by atoms with Gasteiger partial charge in [0.1, 0.15) is 6.04 Å². The van der Waals surface area contributed by atoms with Crippen LogP contribution in [-0.2, 0) is 37.8 Å². The van der Waals surface area contributed by atoms with E-state index in [-0.39, 0.29) is 22.8 Å². The Labute approximate surface area is 219 Å². The number of benzene rings is 3. The standard InChI is InChI=1S/C27H33N3O5S2/c1-19-15-20(2)26(21(3)16-19)36(32,33)29-25(17-22-9-7-6-8-10-22)27(31)28-18-23-11-13-24(14-12-23)37(34,35)30(4)5/h6-16,25,29H,17-18H2,1-5H3,(H,28,31)/t25-/m0/s1. The summed E-state index contributed by atoms with van der Waals surface area (Å²) < 4.78 is 55.1. The monoisotopic (exact) mass is 543 g/mol. The second-order valence-corrected chi connectivity index (χ2v) is 13.0. The fourth-order valence-electron chi connectivity index (χ4n) is 4.18. The summed E-state index contributed by atoms with van der Waals surface area (Å²) in [5, 5.41) is 2.79. The van der Waals surface area contributed by atoms with E-state index in [0.29, 0.717) is 16.7 Å². The van der Waals surface area contributed by atoms with Crippen molar-refractivity contribution in [1.82, 2.24) is 14.3 Å². The van der Waals surface area contributed by atoms with E-state index in [1.54, 1.807) is 38.1 Å². The van der Waals surface area contributed by atoms with Crippen LogP contribution in [0.2, 0.25) is 0 Å². The summed E-state index contributed by atoms with van der Waals surface area (Å²) in [7, 11) is -4.65. The second kappa shape index (κ2) is 11.6. The lowest BCUT2D eigenvalue weighted by atomic mass is 10.1. The molecule has 10 heteroatoms. The van der Waals surface area contributed by atoms with Crippen LogP contribution in [-0.4, -0.2) is 47.2 Å². The molecule has 8 nitrogen and oxygen atoms in total. The third-order valence-corrected chi connectivity index (χ3v) is 9.54. The van der Waals surface area contributed by atoms with Crippen molar-refractivity contribution in [3.05, 3.63) is 94.5 Å². The number of amides is 1. The summed E-state index contributed by atoms with van der Waals surface area (Å²) in [6.45, 7) is 5.48. The van der Waals surface area contributed by atoms with Crippen molar-refractivity contribution in [3.8, 4) is 0 Å². The van der Waals surface area contributed by atoms with Crippen molar-refractivity contribution in [2.75, 3.05) is 14.1 Å². The van der Waals surface area contributed by atoms with Gasteiger partial charge in [-0.3, -0.25) is 4.79 Å². The van der Waals surface area contributed by atoms with Crippen molar-refractivity contribution in [2.24, 2.45) is 0 Å². The highest BCUT2D eigenvalue weighted by Crippen LogP contribution is 2.22. The van der Waals surface area contributed by atoms with E-state index in [4.69, 9.17) is 0 Å². The Morgan fingerprint density at radius 1 is 0.838 bits per heavy atom. The van der Waals surface area contributed by atoms with Gasteiger partial charge in [0.15, 0.2) is 0 Å². The maximum Gasteiger partial charge on any atom is 0.242 e. The first-order valence-electron chi connectivity index (χ1n) is 11.7. The minimum atomic E-state index is -4.00. The average molecular weight is 544 g/mol. The van der Waals surface area contributed by atoms with Gasteiger partial charge >= 0.3 is 0 Å². The molecule has 3 aromatic carbocycles. The molecule has 1 amide bonds. The molecule has 2 N–H and O–H groups in total. The van der Waals surface area contributed by atoms with Crippen molar-refractivity contribution < 1.29 is 21.6 Å². The molecule has 198 valence electrons. The number of rotatable bonds is 10. The molecule has 1 atom stereocenters. The minimum Gasteiger partial charge on any atom is -0.351 e. The maximum absolute atomic E-state index is 13.4. The molecule has 0 aliphatic rings. The van der Waals surface area contributed by atoms with E-state index < -0.39 is 32.0 Å². The van der Waals surface area contributed by atoms with Crippen LogP contribution in [0.5, 0.6) is 0 Å². The van der Waals surface area contributed by atoms with Crippen molar-refractivity contribution in [1.29, 1.82) is 0 Å². The van der Waals surface area contributed by atoms with Crippen LogP contribution in [0.15, 0.2) is 76.5 Å². The van der Waals surface area contributed by atoms with Crippen molar-refractivity contribution in [3.63, 3.8) is 0 Å². The first-order valence-corrected chi connectivity index (χ1v) is 14.7. The van der Waals surface area contributed by atoms with Crippen LogP contribution in [0.25, 0.3) is 0 Å². The number of hydrogen-bond acceptors (Lipinski definition) is 5. The molecule has 0 radical (unpaired) electrons. The predicted octanol–water partition coefficient (Wildman–Crippen LogP) is 3.07. The van der Waals surface area contributed by atoms with Gasteiger partial charge in [-0.1, -0.05) is 60.2 Å². The van der Waals surface area contributed by atoms with E-state index in [2.05, 4.69) is 10.0 Å². The zero-order valence-corrected chi connectivity index (χ0v) is 23.3. The van der Waals surface area contributed by atoms with E-state index in [1.165, 1.54) is 26.2 Å². The largest absolute Gasteiger partial charge is 0.351 e. The Morgan fingerprint density at radius 3 is 1.95 bits per heavy atom. The van der Waals surface area contributed by atoms with Gasteiger partial charge < -0.3 is 5.32 Å². The number of aryl methyl sites for hydroxylation is 3. The molecule has 0 bridgehead atoms. The van der Waals surface area contributed by atoms with Crippen LogP contribution in [0.3, 0.4) is 0 Å². The smallest absolute Gasteiger partial charge is 0.242 e. The van der Waals surface area contributed by atoms with Gasteiger partial charge in [-0.2, -0.15) is 4.72 Å². The third-order valence-electron chi connectivity index (χ3n) is 5.94. The zero-order valence-electron chi connectivity index (χ0n) is 21.6. The Hall–Kier alpha value is -3.05. The number of hydrogen-bond donors (Lipinski definition) is 2. The fraction of sp³-hybridized carbons (Fsp3) is 0.296. The second-order valence-electron chi connectivity index (χ2n) is 9.24. The minimum absolute atomic E-state index is 0.108. The van der Waals surface area contributed by atoms with Gasteiger partial charge in [-0.15, -0.1) is 0 Å². The lowest BCUT2D eigenvalue weighted by molar-refractivity contribution is -0.122. The summed E-state index contributed by atoms with van der Waals surface area (Å²) in [6.07, 6.45) is 0.163. The van der Waals surface area contributed by atoms with Gasteiger partial charge in [-0.05, 0) is 61.6 Å². The molecule has 3 rings (SSSR count). The normalized spacial score (nSPS) is 12.9. The molecule has 0 aliphatic heterocycles. The molecule has 0 spiro atoms. The average Bonchev–Trinajstić information content (AvgIpc) is 2.82. The van der Waals surface area contributed by atoms with Crippen LogP contribution in [0.4, 0.5) is 0 Å². The first kappa shape index (κ1) is 28.5. The van der Waals surface area contributed by atoms with Gasteiger partial charge in [-0.25, -0.2) is 21.1 Å². The SMILES string of the molecule is Cc1cc(C)c(S(=O)(=O)N[C@@H](Cc2ccccc2)C(=O)NCc2ccc(S(=O)(=O)N(C)C)cc2)c(C)c1. The number of sulfonamides is 2. The molecule has 0 fully saturated rings. The lowest BCUT2D eigenvalue weighted by Crippen LogP contribution is -2.48. The summed E-state index contributed by atoms with van der Waals surface area (Å²) in [5.41, 5.74) is 3.66. The predicted molar refractivity (Wildman–Crippen MR) is 144 cm³/mol. The van der Waals surface area contributed by atoms with Gasteiger partial charge in [0.05, 0.1) is 9.79 Å². The van der Waals surface area contributed by atoms with E-state index in [1.807, 2.05) is 37.3 Å². The van der Waals surface area contributed by atoms with Crippen molar-refractivity contribution >= 4 is 26.0 Å². The summed E-state index contributed by atoms with van der Waals surface area (Å²) in [5.74, 6) is -0.486. The van der Waals surface area contributed by atoms with Gasteiger partial charge in [0.2, 0.25) is 26.0 Å². The molecule has 0 saturated carbocycles. The Kier molecular flexibility index (Phi) is 8.91. The van der Waals surface area contributed by atoms with E-state index in [9.17, 15) is 21.6 Å². The number of carbonyl (C=O) groups is 1. The van der Waals surface area contributed by atoms with Gasteiger partial charge in [0.25, 0.3) is 0 Å². The molecule has 0 aliphatic carbocycles.